The van der Waals surface area contributed by atoms with Gasteiger partial charge in [0.05, 0.1) is 23.2 Å². The number of benzene rings is 1. The molecule has 106 valence electrons. The lowest BCUT2D eigenvalue weighted by Gasteiger charge is -2.25. The largest absolute Gasteiger partial charge is 0.394 e. The van der Waals surface area contributed by atoms with Gasteiger partial charge in [0.25, 0.3) is 5.91 Å². The summed E-state index contributed by atoms with van der Waals surface area (Å²) in [6, 6.07) is 4.42. The van der Waals surface area contributed by atoms with Crippen LogP contribution in [0.4, 0.5) is 0 Å². The maximum Gasteiger partial charge on any atom is 0.253 e. The van der Waals surface area contributed by atoms with Gasteiger partial charge in [0.15, 0.2) is 0 Å². The molecule has 0 heterocycles. The molecule has 0 spiro atoms. The summed E-state index contributed by atoms with van der Waals surface area (Å²) in [5.74, 6) is -0.301. The van der Waals surface area contributed by atoms with E-state index in [4.69, 9.17) is 23.2 Å². The highest BCUT2D eigenvalue weighted by atomic mass is 35.5. The summed E-state index contributed by atoms with van der Waals surface area (Å²) in [4.78, 5) is 12.1. The second-order valence-corrected chi connectivity index (χ2v) is 6.59. The minimum Gasteiger partial charge on any atom is -0.394 e. The lowest BCUT2D eigenvalue weighted by molar-refractivity contribution is 0.0898. The van der Waals surface area contributed by atoms with E-state index in [1.807, 2.05) is 0 Å². The smallest absolute Gasteiger partial charge is 0.253 e. The van der Waals surface area contributed by atoms with Gasteiger partial charge in [-0.25, -0.2) is 0 Å². The van der Waals surface area contributed by atoms with Crippen molar-refractivity contribution in [2.45, 2.75) is 33.2 Å². The number of aliphatic hydroxyl groups is 1. The summed E-state index contributed by atoms with van der Waals surface area (Å²) in [7, 11) is 0. The summed E-state index contributed by atoms with van der Waals surface area (Å²) in [6.07, 6.45) is 0.681. The predicted octanol–water partition coefficient (Wildman–Crippen LogP) is 3.52. The van der Waals surface area contributed by atoms with Gasteiger partial charge in [-0.05, 0) is 30.0 Å². The van der Waals surface area contributed by atoms with Crippen LogP contribution in [0.25, 0.3) is 0 Å². The molecule has 0 aliphatic rings. The van der Waals surface area contributed by atoms with E-state index in [0.29, 0.717) is 22.0 Å². The van der Waals surface area contributed by atoms with E-state index in [0.717, 1.165) is 0 Å². The fourth-order valence-electron chi connectivity index (χ4n) is 1.84. The Balaban J connectivity index is 2.77. The van der Waals surface area contributed by atoms with Crippen LogP contribution in [0.2, 0.25) is 10.0 Å². The average Bonchev–Trinajstić information content (AvgIpc) is 2.25. The number of carbonyl (C=O) groups is 1. The summed E-state index contributed by atoms with van der Waals surface area (Å²) in [6.45, 7) is 6.06. The number of halogens is 2. The molecule has 1 atom stereocenters. The third-order valence-electron chi connectivity index (χ3n) is 2.59. The van der Waals surface area contributed by atoms with Crippen molar-refractivity contribution >= 4 is 29.1 Å². The van der Waals surface area contributed by atoms with Crippen molar-refractivity contribution in [1.29, 1.82) is 0 Å². The van der Waals surface area contributed by atoms with E-state index in [-0.39, 0.29) is 24.0 Å². The summed E-state index contributed by atoms with van der Waals surface area (Å²) < 4.78 is 0. The van der Waals surface area contributed by atoms with Gasteiger partial charge in [0.2, 0.25) is 0 Å². The molecule has 0 aliphatic heterocycles. The summed E-state index contributed by atoms with van der Waals surface area (Å²) in [5.41, 5.74) is 0.378. The topological polar surface area (TPSA) is 49.3 Å². The van der Waals surface area contributed by atoms with Crippen LogP contribution in [0, 0.1) is 5.41 Å². The van der Waals surface area contributed by atoms with Crippen molar-refractivity contribution < 1.29 is 9.90 Å². The first-order valence-corrected chi connectivity index (χ1v) is 6.85. The molecule has 1 unspecified atom stereocenters. The van der Waals surface area contributed by atoms with E-state index >= 15 is 0 Å². The molecule has 0 saturated carbocycles. The minimum absolute atomic E-state index is 0.0183. The van der Waals surface area contributed by atoms with Gasteiger partial charge in [-0.2, -0.15) is 0 Å². The van der Waals surface area contributed by atoms with E-state index < -0.39 is 0 Å². The van der Waals surface area contributed by atoms with Crippen LogP contribution < -0.4 is 5.32 Å². The maximum atomic E-state index is 12.1. The molecule has 2 N–H and O–H groups in total. The van der Waals surface area contributed by atoms with E-state index in [2.05, 4.69) is 26.1 Å². The fourth-order valence-corrected chi connectivity index (χ4v) is 2.33. The summed E-state index contributed by atoms with van der Waals surface area (Å²) in [5, 5.41) is 12.9. The quantitative estimate of drug-likeness (QED) is 0.894. The molecular weight excluding hydrogens is 285 g/mol. The number of hydrogen-bond donors (Lipinski definition) is 2. The molecule has 0 aliphatic carbocycles. The van der Waals surface area contributed by atoms with Gasteiger partial charge in [0.1, 0.15) is 0 Å². The van der Waals surface area contributed by atoms with Crippen LogP contribution in [-0.4, -0.2) is 23.7 Å². The predicted molar refractivity (Wildman–Crippen MR) is 78.9 cm³/mol. The van der Waals surface area contributed by atoms with Crippen molar-refractivity contribution in [2.24, 2.45) is 5.41 Å². The molecule has 1 aromatic carbocycles. The summed E-state index contributed by atoms with van der Waals surface area (Å²) >= 11 is 11.8. The Hall–Kier alpha value is -0.770. The second-order valence-electron chi connectivity index (χ2n) is 5.74. The normalized spacial score (nSPS) is 13.2. The molecule has 0 saturated heterocycles. The zero-order valence-electron chi connectivity index (χ0n) is 11.3. The first-order chi connectivity index (χ1) is 8.73. The second kappa shape index (κ2) is 6.60. The molecule has 0 fully saturated rings. The van der Waals surface area contributed by atoms with Crippen molar-refractivity contribution in [3.63, 3.8) is 0 Å². The lowest BCUT2D eigenvalue weighted by atomic mass is 9.88. The van der Waals surface area contributed by atoms with E-state index in [1.165, 1.54) is 6.07 Å². The van der Waals surface area contributed by atoms with Gasteiger partial charge in [-0.1, -0.05) is 44.0 Å². The average molecular weight is 304 g/mol. The van der Waals surface area contributed by atoms with Crippen molar-refractivity contribution in [3.05, 3.63) is 33.8 Å². The van der Waals surface area contributed by atoms with E-state index in [1.54, 1.807) is 12.1 Å². The van der Waals surface area contributed by atoms with Gasteiger partial charge in [0, 0.05) is 5.02 Å². The molecule has 0 radical (unpaired) electrons. The van der Waals surface area contributed by atoms with Crippen LogP contribution in [0.1, 0.15) is 37.6 Å². The Morgan fingerprint density at radius 1 is 1.37 bits per heavy atom. The standard InChI is InChI=1S/C14H19Cl2NO2/c1-14(2,3)7-10(8-18)17-13(19)11-5-4-9(15)6-12(11)16/h4-6,10,18H,7-8H2,1-3H3,(H,17,19). The molecule has 3 nitrogen and oxygen atoms in total. The molecule has 0 bridgehead atoms. The molecule has 5 heteroatoms. The molecule has 1 rings (SSSR count). The molecule has 0 aromatic heterocycles. The SMILES string of the molecule is CC(C)(C)CC(CO)NC(=O)c1ccc(Cl)cc1Cl. The molecule has 1 amide bonds. The highest BCUT2D eigenvalue weighted by molar-refractivity contribution is 6.36. The number of rotatable bonds is 4. The Morgan fingerprint density at radius 2 is 2.00 bits per heavy atom. The van der Waals surface area contributed by atoms with Crippen molar-refractivity contribution in [2.75, 3.05) is 6.61 Å². The third kappa shape index (κ3) is 5.39. The van der Waals surface area contributed by atoms with Crippen LogP contribution >= 0.6 is 23.2 Å². The molecule has 19 heavy (non-hydrogen) atoms. The third-order valence-corrected chi connectivity index (χ3v) is 3.14. The Kier molecular flexibility index (Phi) is 5.65. The van der Waals surface area contributed by atoms with Gasteiger partial charge in [-0.15, -0.1) is 0 Å². The lowest BCUT2D eigenvalue weighted by Crippen LogP contribution is -2.40. The van der Waals surface area contributed by atoms with Gasteiger partial charge in [-0.3, -0.25) is 4.79 Å². The van der Waals surface area contributed by atoms with Gasteiger partial charge < -0.3 is 10.4 Å². The highest BCUT2D eigenvalue weighted by Gasteiger charge is 2.21. The Bertz CT molecular complexity index is 455. The van der Waals surface area contributed by atoms with Gasteiger partial charge >= 0.3 is 0 Å². The van der Waals surface area contributed by atoms with Crippen LogP contribution in [0.5, 0.6) is 0 Å². The minimum atomic E-state index is -0.301. The number of carbonyl (C=O) groups excluding carboxylic acids is 1. The fraction of sp³-hybridized carbons (Fsp3) is 0.500. The molecule has 1 aromatic rings. The van der Waals surface area contributed by atoms with Crippen LogP contribution in [0.15, 0.2) is 18.2 Å². The molecular formula is C14H19Cl2NO2. The zero-order valence-corrected chi connectivity index (χ0v) is 12.8. The zero-order chi connectivity index (χ0) is 14.6. The number of hydrogen-bond acceptors (Lipinski definition) is 2. The van der Waals surface area contributed by atoms with Crippen LogP contribution in [0.3, 0.4) is 0 Å². The first kappa shape index (κ1) is 16.3. The number of nitrogens with one attached hydrogen (secondary N) is 1. The number of amides is 1. The first-order valence-electron chi connectivity index (χ1n) is 6.10. The van der Waals surface area contributed by atoms with Crippen LogP contribution in [-0.2, 0) is 0 Å². The highest BCUT2D eigenvalue weighted by Crippen LogP contribution is 2.23. The Morgan fingerprint density at radius 3 is 2.47 bits per heavy atom. The van der Waals surface area contributed by atoms with Crippen molar-refractivity contribution in [1.82, 2.24) is 5.32 Å². The number of aliphatic hydroxyl groups excluding tert-OH is 1. The van der Waals surface area contributed by atoms with E-state index in [9.17, 15) is 9.90 Å². The monoisotopic (exact) mass is 303 g/mol. The Labute approximate surface area is 123 Å². The maximum absolute atomic E-state index is 12.1. The van der Waals surface area contributed by atoms with Crippen molar-refractivity contribution in [3.8, 4) is 0 Å².